The fourth-order valence-electron chi connectivity index (χ4n) is 2.17. The Morgan fingerprint density at radius 3 is 2.48 bits per heavy atom. The van der Waals surface area contributed by atoms with E-state index in [1.54, 1.807) is 6.07 Å². The highest BCUT2D eigenvalue weighted by Crippen LogP contribution is 2.25. The molecule has 0 heterocycles. The topological polar surface area (TPSA) is 38.3 Å². The standard InChI is InChI=1S/C18H21NO2/c1-3-9-14(2)19-18(20)16-12-7-8-13-17(16)21-15-10-5-4-6-11-15/h4-8,10-14H,3,9H2,1-2H3,(H,19,20). The maximum absolute atomic E-state index is 12.3. The Labute approximate surface area is 126 Å². The van der Waals surface area contributed by atoms with Crippen molar-refractivity contribution in [3.05, 3.63) is 60.2 Å². The Balaban J connectivity index is 2.15. The van der Waals surface area contributed by atoms with Gasteiger partial charge in [-0.2, -0.15) is 0 Å². The predicted octanol–water partition coefficient (Wildman–Crippen LogP) is 4.40. The number of amides is 1. The summed E-state index contributed by atoms with van der Waals surface area (Å²) >= 11 is 0. The normalized spacial score (nSPS) is 11.7. The average molecular weight is 283 g/mol. The van der Waals surface area contributed by atoms with Gasteiger partial charge >= 0.3 is 0 Å². The van der Waals surface area contributed by atoms with E-state index in [1.807, 2.05) is 55.5 Å². The number of hydrogen-bond donors (Lipinski definition) is 1. The van der Waals surface area contributed by atoms with Gasteiger partial charge < -0.3 is 10.1 Å². The van der Waals surface area contributed by atoms with E-state index in [0.29, 0.717) is 11.3 Å². The van der Waals surface area contributed by atoms with Crippen LogP contribution in [0.1, 0.15) is 37.0 Å². The highest BCUT2D eigenvalue weighted by Gasteiger charge is 2.14. The summed E-state index contributed by atoms with van der Waals surface area (Å²) in [5, 5.41) is 3.00. The first-order chi connectivity index (χ1) is 10.2. The van der Waals surface area contributed by atoms with E-state index in [1.165, 1.54) is 0 Å². The molecule has 1 unspecified atom stereocenters. The van der Waals surface area contributed by atoms with Gasteiger partial charge in [-0.05, 0) is 37.6 Å². The highest BCUT2D eigenvalue weighted by molar-refractivity contribution is 5.97. The van der Waals surface area contributed by atoms with Gasteiger partial charge in [-0.15, -0.1) is 0 Å². The number of ether oxygens (including phenoxy) is 1. The summed E-state index contributed by atoms with van der Waals surface area (Å²) in [7, 11) is 0. The summed E-state index contributed by atoms with van der Waals surface area (Å²) in [6, 6.07) is 16.9. The molecule has 3 nitrogen and oxygen atoms in total. The zero-order valence-corrected chi connectivity index (χ0v) is 12.5. The van der Waals surface area contributed by atoms with Crippen LogP contribution < -0.4 is 10.1 Å². The molecule has 2 rings (SSSR count). The van der Waals surface area contributed by atoms with Crippen LogP contribution in [0, 0.1) is 0 Å². The molecule has 2 aromatic rings. The monoisotopic (exact) mass is 283 g/mol. The molecule has 110 valence electrons. The Morgan fingerprint density at radius 2 is 1.76 bits per heavy atom. The van der Waals surface area contributed by atoms with Gasteiger partial charge in [-0.3, -0.25) is 4.79 Å². The molecule has 1 amide bonds. The molecule has 0 bridgehead atoms. The molecule has 0 aromatic heterocycles. The lowest BCUT2D eigenvalue weighted by Crippen LogP contribution is -2.32. The number of carbonyl (C=O) groups is 1. The molecule has 0 radical (unpaired) electrons. The van der Waals surface area contributed by atoms with Gasteiger partial charge in [0.1, 0.15) is 11.5 Å². The number of benzene rings is 2. The second-order valence-electron chi connectivity index (χ2n) is 5.07. The maximum atomic E-state index is 12.3. The van der Waals surface area contributed by atoms with Crippen molar-refractivity contribution in [2.45, 2.75) is 32.7 Å². The second kappa shape index (κ2) is 7.48. The molecule has 1 atom stereocenters. The van der Waals surface area contributed by atoms with Crippen LogP contribution in [0.4, 0.5) is 0 Å². The van der Waals surface area contributed by atoms with Crippen LogP contribution in [0.3, 0.4) is 0 Å². The van der Waals surface area contributed by atoms with Crippen LogP contribution in [0.5, 0.6) is 11.5 Å². The lowest BCUT2D eigenvalue weighted by molar-refractivity contribution is 0.0936. The molecule has 21 heavy (non-hydrogen) atoms. The van der Waals surface area contributed by atoms with Gasteiger partial charge in [0.15, 0.2) is 0 Å². The zero-order chi connectivity index (χ0) is 15.1. The number of nitrogens with one attached hydrogen (secondary N) is 1. The van der Waals surface area contributed by atoms with Crippen molar-refractivity contribution in [2.75, 3.05) is 0 Å². The molecule has 0 aliphatic rings. The van der Waals surface area contributed by atoms with Crippen molar-refractivity contribution in [1.82, 2.24) is 5.32 Å². The van der Waals surface area contributed by atoms with E-state index in [4.69, 9.17) is 4.74 Å². The van der Waals surface area contributed by atoms with Crippen molar-refractivity contribution < 1.29 is 9.53 Å². The van der Waals surface area contributed by atoms with Crippen LogP contribution in [0.15, 0.2) is 54.6 Å². The van der Waals surface area contributed by atoms with Crippen LogP contribution in [-0.4, -0.2) is 11.9 Å². The van der Waals surface area contributed by atoms with E-state index < -0.39 is 0 Å². The van der Waals surface area contributed by atoms with Gasteiger partial charge in [-0.25, -0.2) is 0 Å². The molecule has 3 heteroatoms. The Morgan fingerprint density at radius 1 is 1.10 bits per heavy atom. The maximum Gasteiger partial charge on any atom is 0.255 e. The smallest absolute Gasteiger partial charge is 0.255 e. The largest absolute Gasteiger partial charge is 0.457 e. The number of hydrogen-bond acceptors (Lipinski definition) is 2. The molecular weight excluding hydrogens is 262 g/mol. The Bertz CT molecular complexity index is 581. The Hall–Kier alpha value is -2.29. The summed E-state index contributed by atoms with van der Waals surface area (Å²) in [5.41, 5.74) is 0.560. The van der Waals surface area contributed by atoms with Crippen LogP contribution >= 0.6 is 0 Å². The van der Waals surface area contributed by atoms with Crippen LogP contribution in [-0.2, 0) is 0 Å². The predicted molar refractivity (Wildman–Crippen MR) is 84.8 cm³/mol. The highest BCUT2D eigenvalue weighted by atomic mass is 16.5. The van der Waals surface area contributed by atoms with Crippen molar-refractivity contribution in [3.8, 4) is 11.5 Å². The number of carbonyl (C=O) groups excluding carboxylic acids is 1. The minimum absolute atomic E-state index is 0.0949. The summed E-state index contributed by atoms with van der Waals surface area (Å²) < 4.78 is 5.81. The zero-order valence-electron chi connectivity index (χ0n) is 12.5. The Kier molecular flexibility index (Phi) is 5.38. The molecule has 2 aromatic carbocycles. The lowest BCUT2D eigenvalue weighted by Gasteiger charge is -2.15. The van der Waals surface area contributed by atoms with E-state index in [-0.39, 0.29) is 11.9 Å². The molecule has 1 N–H and O–H groups in total. The van der Waals surface area contributed by atoms with Gasteiger partial charge in [-0.1, -0.05) is 43.7 Å². The molecule has 0 spiro atoms. The third-order valence-corrected chi connectivity index (χ3v) is 3.20. The average Bonchev–Trinajstić information content (AvgIpc) is 2.49. The van der Waals surface area contributed by atoms with Crippen molar-refractivity contribution in [2.24, 2.45) is 0 Å². The molecular formula is C18H21NO2. The minimum Gasteiger partial charge on any atom is -0.457 e. The summed E-state index contributed by atoms with van der Waals surface area (Å²) in [6.07, 6.45) is 2.01. The summed E-state index contributed by atoms with van der Waals surface area (Å²) in [4.78, 5) is 12.3. The summed E-state index contributed by atoms with van der Waals surface area (Å²) in [5.74, 6) is 1.20. The van der Waals surface area contributed by atoms with E-state index >= 15 is 0 Å². The first-order valence-electron chi connectivity index (χ1n) is 7.33. The molecule has 0 aliphatic heterocycles. The lowest BCUT2D eigenvalue weighted by atomic mass is 10.1. The first-order valence-corrected chi connectivity index (χ1v) is 7.33. The SMILES string of the molecule is CCCC(C)NC(=O)c1ccccc1Oc1ccccc1. The van der Waals surface area contributed by atoms with Crippen molar-refractivity contribution in [3.63, 3.8) is 0 Å². The van der Waals surface area contributed by atoms with E-state index in [2.05, 4.69) is 12.2 Å². The molecule has 0 fully saturated rings. The van der Waals surface area contributed by atoms with Gasteiger partial charge in [0.2, 0.25) is 0 Å². The summed E-state index contributed by atoms with van der Waals surface area (Å²) in [6.45, 7) is 4.12. The quantitative estimate of drug-likeness (QED) is 0.853. The van der Waals surface area contributed by atoms with Gasteiger partial charge in [0.25, 0.3) is 5.91 Å². The second-order valence-corrected chi connectivity index (χ2v) is 5.07. The third kappa shape index (κ3) is 4.35. The fourth-order valence-corrected chi connectivity index (χ4v) is 2.17. The van der Waals surface area contributed by atoms with Crippen LogP contribution in [0.25, 0.3) is 0 Å². The first kappa shape index (κ1) is 15.1. The van der Waals surface area contributed by atoms with Gasteiger partial charge in [0.05, 0.1) is 5.56 Å². The van der Waals surface area contributed by atoms with E-state index in [9.17, 15) is 4.79 Å². The molecule has 0 aliphatic carbocycles. The molecule has 0 saturated heterocycles. The third-order valence-electron chi connectivity index (χ3n) is 3.20. The number of rotatable bonds is 6. The van der Waals surface area contributed by atoms with Crippen molar-refractivity contribution >= 4 is 5.91 Å². The number of para-hydroxylation sites is 2. The van der Waals surface area contributed by atoms with Crippen LogP contribution in [0.2, 0.25) is 0 Å². The van der Waals surface area contributed by atoms with E-state index in [0.717, 1.165) is 18.6 Å². The minimum atomic E-state index is -0.0949. The molecule has 0 saturated carbocycles. The fraction of sp³-hybridized carbons (Fsp3) is 0.278. The van der Waals surface area contributed by atoms with Crippen molar-refractivity contribution in [1.29, 1.82) is 0 Å². The van der Waals surface area contributed by atoms with Gasteiger partial charge in [0, 0.05) is 6.04 Å².